The molecule has 1 fully saturated rings. The van der Waals surface area contributed by atoms with Gasteiger partial charge >= 0.3 is 0 Å². The van der Waals surface area contributed by atoms with Crippen molar-refractivity contribution in [3.8, 4) is 0 Å². The maximum Gasteiger partial charge on any atom is 0.294 e. The minimum absolute atomic E-state index is 0.0251. The summed E-state index contributed by atoms with van der Waals surface area (Å²) in [7, 11) is 0. The summed E-state index contributed by atoms with van der Waals surface area (Å²) in [6.07, 6.45) is 1.94. The van der Waals surface area contributed by atoms with E-state index in [0.29, 0.717) is 23.8 Å². The number of rotatable bonds is 4. The molecule has 132 valence electrons. The van der Waals surface area contributed by atoms with Crippen molar-refractivity contribution in [2.75, 3.05) is 24.5 Å². The highest BCUT2D eigenvalue weighted by atomic mass is 35.5. The van der Waals surface area contributed by atoms with Crippen molar-refractivity contribution in [3.05, 3.63) is 33.3 Å². The van der Waals surface area contributed by atoms with E-state index in [9.17, 15) is 14.9 Å². The fraction of sp³-hybridized carbons (Fsp3) is 0.588. The van der Waals surface area contributed by atoms with Gasteiger partial charge in [-0.3, -0.25) is 14.9 Å². The summed E-state index contributed by atoms with van der Waals surface area (Å²) in [5, 5.41) is 14.6. The smallest absolute Gasteiger partial charge is 0.294 e. The Hall–Kier alpha value is -1.82. The van der Waals surface area contributed by atoms with Crippen LogP contribution in [-0.4, -0.2) is 30.5 Å². The first-order chi connectivity index (χ1) is 11.2. The number of benzene rings is 1. The molecule has 7 heteroatoms. The summed E-state index contributed by atoms with van der Waals surface area (Å²) in [5.74, 6) is 0.303. The van der Waals surface area contributed by atoms with Crippen LogP contribution in [0.4, 0.5) is 11.4 Å². The number of hydrogen-bond acceptors (Lipinski definition) is 4. The van der Waals surface area contributed by atoms with E-state index in [0.717, 1.165) is 19.4 Å². The lowest BCUT2D eigenvalue weighted by Crippen LogP contribution is -2.43. The van der Waals surface area contributed by atoms with Crippen LogP contribution in [-0.2, 0) is 4.79 Å². The topological polar surface area (TPSA) is 75.5 Å². The monoisotopic (exact) mass is 353 g/mol. The molecule has 0 bridgehead atoms. The van der Waals surface area contributed by atoms with Gasteiger partial charge in [-0.1, -0.05) is 32.4 Å². The second-order valence-corrected chi connectivity index (χ2v) is 7.74. The highest BCUT2D eigenvalue weighted by Gasteiger charge is 2.27. The summed E-state index contributed by atoms with van der Waals surface area (Å²) in [6, 6.07) is 4.77. The molecule has 2 rings (SSSR count). The largest absolute Gasteiger partial charge is 0.366 e. The zero-order valence-corrected chi connectivity index (χ0v) is 15.1. The Labute approximate surface area is 147 Å². The Morgan fingerprint density at radius 3 is 2.79 bits per heavy atom. The van der Waals surface area contributed by atoms with Gasteiger partial charge in [0, 0.05) is 36.1 Å². The van der Waals surface area contributed by atoms with Gasteiger partial charge < -0.3 is 10.2 Å². The molecule has 1 aromatic rings. The summed E-state index contributed by atoms with van der Waals surface area (Å²) in [6.45, 7) is 7.69. The molecule has 1 aliphatic rings. The van der Waals surface area contributed by atoms with E-state index in [-0.39, 0.29) is 17.5 Å². The van der Waals surface area contributed by atoms with Gasteiger partial charge in [0.1, 0.15) is 5.69 Å². The summed E-state index contributed by atoms with van der Waals surface area (Å²) in [5.41, 5.74) is 0.210. The summed E-state index contributed by atoms with van der Waals surface area (Å²) >= 11 is 5.89. The van der Waals surface area contributed by atoms with E-state index in [1.54, 1.807) is 12.1 Å². The third kappa shape index (κ3) is 4.60. The SMILES string of the molecule is CC(C)(C)C(=O)NCC1CCCN(c2ccc(Cl)cc2[N+](=O)[O-])C1. The van der Waals surface area contributed by atoms with E-state index in [1.807, 2.05) is 25.7 Å². The van der Waals surface area contributed by atoms with Gasteiger partial charge in [0.2, 0.25) is 5.91 Å². The second kappa shape index (κ2) is 7.38. The lowest BCUT2D eigenvalue weighted by molar-refractivity contribution is -0.384. The molecule has 1 atom stereocenters. The number of nitro benzene ring substituents is 1. The van der Waals surface area contributed by atoms with Crippen LogP contribution in [0.25, 0.3) is 0 Å². The van der Waals surface area contributed by atoms with Crippen molar-refractivity contribution < 1.29 is 9.72 Å². The number of nitrogens with one attached hydrogen (secondary N) is 1. The Morgan fingerprint density at radius 2 is 2.17 bits per heavy atom. The van der Waals surface area contributed by atoms with Crippen molar-refractivity contribution in [2.24, 2.45) is 11.3 Å². The number of hydrogen-bond donors (Lipinski definition) is 1. The number of halogens is 1. The van der Waals surface area contributed by atoms with Crippen molar-refractivity contribution in [1.29, 1.82) is 0 Å². The van der Waals surface area contributed by atoms with Crippen LogP contribution in [0.3, 0.4) is 0 Å². The standard InChI is InChI=1S/C17H24ClN3O3/c1-17(2,3)16(22)19-10-12-5-4-8-20(11-12)14-7-6-13(18)9-15(14)21(23)24/h6-7,9,12H,4-5,8,10-11H2,1-3H3,(H,19,22). The van der Waals surface area contributed by atoms with Crippen LogP contribution in [0.15, 0.2) is 18.2 Å². The molecule has 1 unspecified atom stereocenters. The van der Waals surface area contributed by atoms with Crippen LogP contribution in [0.5, 0.6) is 0 Å². The van der Waals surface area contributed by atoms with Crippen molar-refractivity contribution >= 4 is 28.9 Å². The third-order valence-corrected chi connectivity index (χ3v) is 4.46. The van der Waals surface area contributed by atoms with Crippen LogP contribution >= 0.6 is 11.6 Å². The molecule has 0 aliphatic carbocycles. The number of piperidine rings is 1. The Kier molecular flexibility index (Phi) is 5.70. The predicted octanol–water partition coefficient (Wildman–Crippen LogP) is 3.63. The van der Waals surface area contributed by atoms with Crippen LogP contribution in [0, 0.1) is 21.4 Å². The van der Waals surface area contributed by atoms with Gasteiger partial charge in [-0.25, -0.2) is 0 Å². The number of carbonyl (C=O) groups excluding carboxylic acids is 1. The molecule has 0 radical (unpaired) electrons. The number of amides is 1. The van der Waals surface area contributed by atoms with Gasteiger partial charge in [0.05, 0.1) is 4.92 Å². The molecule has 1 aromatic carbocycles. The molecule has 1 N–H and O–H groups in total. The first-order valence-corrected chi connectivity index (χ1v) is 8.53. The third-order valence-electron chi connectivity index (χ3n) is 4.23. The molecule has 1 heterocycles. The first-order valence-electron chi connectivity index (χ1n) is 8.15. The van der Waals surface area contributed by atoms with E-state index < -0.39 is 10.3 Å². The molecule has 24 heavy (non-hydrogen) atoms. The molecule has 6 nitrogen and oxygen atoms in total. The van der Waals surface area contributed by atoms with E-state index in [4.69, 9.17) is 11.6 Å². The van der Waals surface area contributed by atoms with Gasteiger partial charge in [-0.05, 0) is 30.9 Å². The predicted molar refractivity (Wildman–Crippen MR) is 95.5 cm³/mol. The maximum absolute atomic E-state index is 12.0. The van der Waals surface area contributed by atoms with Gasteiger partial charge in [-0.2, -0.15) is 0 Å². The van der Waals surface area contributed by atoms with E-state index >= 15 is 0 Å². The minimum Gasteiger partial charge on any atom is -0.366 e. The highest BCUT2D eigenvalue weighted by molar-refractivity contribution is 6.30. The molecular formula is C17H24ClN3O3. The van der Waals surface area contributed by atoms with Gasteiger partial charge in [-0.15, -0.1) is 0 Å². The Balaban J connectivity index is 2.06. The quantitative estimate of drug-likeness (QED) is 0.662. The molecule has 1 amide bonds. The average molecular weight is 354 g/mol. The zero-order valence-electron chi connectivity index (χ0n) is 14.3. The van der Waals surface area contributed by atoms with Crippen molar-refractivity contribution in [1.82, 2.24) is 5.32 Å². The molecular weight excluding hydrogens is 330 g/mol. The van der Waals surface area contributed by atoms with Crippen molar-refractivity contribution in [2.45, 2.75) is 33.6 Å². The fourth-order valence-electron chi connectivity index (χ4n) is 2.86. The number of carbonyl (C=O) groups is 1. The first kappa shape index (κ1) is 18.5. The van der Waals surface area contributed by atoms with Crippen molar-refractivity contribution in [3.63, 3.8) is 0 Å². The highest BCUT2D eigenvalue weighted by Crippen LogP contribution is 2.33. The molecule has 0 aromatic heterocycles. The van der Waals surface area contributed by atoms with E-state index in [1.165, 1.54) is 6.07 Å². The molecule has 0 spiro atoms. The van der Waals surface area contributed by atoms with E-state index in [2.05, 4.69) is 5.32 Å². The van der Waals surface area contributed by atoms with Crippen LogP contribution in [0.2, 0.25) is 5.02 Å². The van der Waals surface area contributed by atoms with Crippen LogP contribution in [0.1, 0.15) is 33.6 Å². The number of nitrogens with zero attached hydrogens (tertiary/aromatic N) is 2. The number of anilines is 1. The van der Waals surface area contributed by atoms with Crippen LogP contribution < -0.4 is 10.2 Å². The summed E-state index contributed by atoms with van der Waals surface area (Å²) in [4.78, 5) is 24.9. The van der Waals surface area contributed by atoms with Gasteiger partial charge in [0.15, 0.2) is 0 Å². The van der Waals surface area contributed by atoms with Gasteiger partial charge in [0.25, 0.3) is 5.69 Å². The number of nitro groups is 1. The fourth-order valence-corrected chi connectivity index (χ4v) is 3.03. The zero-order chi connectivity index (χ0) is 17.9. The minimum atomic E-state index is -0.413. The maximum atomic E-state index is 12.0. The second-order valence-electron chi connectivity index (χ2n) is 7.30. The lowest BCUT2D eigenvalue weighted by Gasteiger charge is -2.34. The molecule has 0 saturated carbocycles. The summed E-state index contributed by atoms with van der Waals surface area (Å²) < 4.78 is 0. The normalized spacial score (nSPS) is 18.3. The Morgan fingerprint density at radius 1 is 1.46 bits per heavy atom. The average Bonchev–Trinajstić information content (AvgIpc) is 2.51. The molecule has 1 aliphatic heterocycles. The molecule has 1 saturated heterocycles. The lowest BCUT2D eigenvalue weighted by atomic mass is 9.93. The Bertz CT molecular complexity index is 628.